The third-order valence-electron chi connectivity index (χ3n) is 1.69. The van der Waals surface area contributed by atoms with Crippen molar-refractivity contribution in [3.05, 3.63) is 0 Å². The second kappa shape index (κ2) is 8.77. The minimum Gasteiger partial charge on any atom is -0.384 e. The molecule has 0 fully saturated rings. The number of nitrogens with one attached hydrogen (secondary N) is 2. The second-order valence-corrected chi connectivity index (χ2v) is 3.32. The Morgan fingerprint density at radius 3 is 2.79 bits per heavy atom. The van der Waals surface area contributed by atoms with E-state index in [1.807, 2.05) is 0 Å². The number of nitrogens with two attached hydrogens (primary N) is 1. The van der Waals surface area contributed by atoms with Gasteiger partial charge in [-0.2, -0.15) is 0 Å². The summed E-state index contributed by atoms with van der Waals surface area (Å²) in [4.78, 5) is 4.29. The molecule has 0 rings (SSSR count). The molecule has 5 heteroatoms. The molecular weight excluding hydrogens is 180 g/mol. The minimum atomic E-state index is 0.409. The van der Waals surface area contributed by atoms with Gasteiger partial charge < -0.3 is 10.1 Å². The zero-order valence-corrected chi connectivity index (χ0v) is 9.34. The van der Waals surface area contributed by atoms with E-state index in [2.05, 4.69) is 29.6 Å². The molecule has 0 aliphatic heterocycles. The Hall–Kier alpha value is -0.810. The van der Waals surface area contributed by atoms with Crippen molar-refractivity contribution < 1.29 is 4.74 Å². The number of hydrogen-bond acceptors (Lipinski definition) is 3. The van der Waals surface area contributed by atoms with Gasteiger partial charge >= 0.3 is 0 Å². The van der Waals surface area contributed by atoms with Gasteiger partial charge in [0.1, 0.15) is 0 Å². The fraction of sp³-hybridized carbons (Fsp3) is 0.889. The Bertz CT molecular complexity index is 161. The number of hydrogen-bond donors (Lipinski definition) is 3. The fourth-order valence-electron chi connectivity index (χ4n) is 0.980. The van der Waals surface area contributed by atoms with Crippen LogP contribution in [0.1, 0.15) is 20.3 Å². The normalized spacial score (nSPS) is 13.9. The van der Waals surface area contributed by atoms with Gasteiger partial charge in [-0.1, -0.05) is 13.8 Å². The molecule has 1 atom stereocenters. The molecule has 0 heterocycles. The molecule has 14 heavy (non-hydrogen) atoms. The van der Waals surface area contributed by atoms with Crippen molar-refractivity contribution in [1.29, 1.82) is 0 Å². The lowest BCUT2D eigenvalue weighted by molar-refractivity contribution is 0.163. The van der Waals surface area contributed by atoms with Gasteiger partial charge in [-0.15, -0.1) is 0 Å². The van der Waals surface area contributed by atoms with Crippen LogP contribution in [0.15, 0.2) is 4.99 Å². The highest BCUT2D eigenvalue weighted by Gasteiger charge is 2.00. The second-order valence-electron chi connectivity index (χ2n) is 3.32. The lowest BCUT2D eigenvalue weighted by atomic mass is 10.2. The van der Waals surface area contributed by atoms with Crippen LogP contribution in [-0.4, -0.2) is 32.8 Å². The maximum absolute atomic E-state index is 5.30. The lowest BCUT2D eigenvalue weighted by Crippen LogP contribution is -2.42. The number of guanidine groups is 1. The number of rotatable bonds is 6. The van der Waals surface area contributed by atoms with Gasteiger partial charge in [0.15, 0.2) is 0 Å². The molecule has 0 spiro atoms. The van der Waals surface area contributed by atoms with Crippen molar-refractivity contribution in [2.75, 3.05) is 26.8 Å². The standard InChI is InChI=1S/C9H22N4O/c1-4-5-11-9(13-10)12-6-8(2)7-14-3/h8H,4-7,10H2,1-3H3,(H2,11,12,13). The first-order valence-electron chi connectivity index (χ1n) is 4.98. The van der Waals surface area contributed by atoms with Crippen molar-refractivity contribution in [3.8, 4) is 0 Å². The summed E-state index contributed by atoms with van der Waals surface area (Å²) in [5.41, 5.74) is 2.53. The smallest absolute Gasteiger partial charge is 0.205 e. The summed E-state index contributed by atoms with van der Waals surface area (Å²) in [7, 11) is 1.69. The number of ether oxygens (including phenoxy) is 1. The summed E-state index contributed by atoms with van der Waals surface area (Å²) in [6.45, 7) is 6.48. The van der Waals surface area contributed by atoms with E-state index in [9.17, 15) is 0 Å². The molecular formula is C9H22N4O. The van der Waals surface area contributed by atoms with E-state index in [1.165, 1.54) is 0 Å². The van der Waals surface area contributed by atoms with Crippen LogP contribution in [0.3, 0.4) is 0 Å². The first-order valence-corrected chi connectivity index (χ1v) is 4.98. The summed E-state index contributed by atoms with van der Waals surface area (Å²) in [6, 6.07) is 0. The average Bonchev–Trinajstić information content (AvgIpc) is 2.19. The summed E-state index contributed by atoms with van der Waals surface area (Å²) in [5, 5.41) is 3.09. The van der Waals surface area contributed by atoms with Crippen LogP contribution < -0.4 is 16.6 Å². The molecule has 0 aromatic carbocycles. The summed E-state index contributed by atoms with van der Waals surface area (Å²) >= 11 is 0. The van der Waals surface area contributed by atoms with Gasteiger partial charge in [-0.05, 0) is 12.3 Å². The molecule has 0 saturated carbocycles. The van der Waals surface area contributed by atoms with Crippen LogP contribution in [-0.2, 0) is 4.74 Å². The average molecular weight is 202 g/mol. The van der Waals surface area contributed by atoms with Crippen molar-refractivity contribution in [2.45, 2.75) is 20.3 Å². The highest BCUT2D eigenvalue weighted by Crippen LogP contribution is 1.94. The van der Waals surface area contributed by atoms with Crippen LogP contribution in [0, 0.1) is 5.92 Å². The molecule has 0 aromatic heterocycles. The van der Waals surface area contributed by atoms with Crippen molar-refractivity contribution in [3.63, 3.8) is 0 Å². The highest BCUT2D eigenvalue weighted by molar-refractivity contribution is 5.79. The number of methoxy groups -OCH3 is 1. The zero-order chi connectivity index (χ0) is 10.8. The van der Waals surface area contributed by atoms with Gasteiger partial charge in [-0.25, -0.2) is 5.84 Å². The number of hydrazine groups is 1. The third kappa shape index (κ3) is 6.68. The Morgan fingerprint density at radius 1 is 1.57 bits per heavy atom. The Kier molecular flexibility index (Phi) is 8.27. The van der Waals surface area contributed by atoms with Crippen LogP contribution in [0.25, 0.3) is 0 Å². The molecule has 5 nitrogen and oxygen atoms in total. The van der Waals surface area contributed by atoms with E-state index in [0.717, 1.165) is 19.6 Å². The van der Waals surface area contributed by atoms with Gasteiger partial charge in [0.2, 0.25) is 5.96 Å². The number of nitrogens with zero attached hydrogens (tertiary/aromatic N) is 1. The maximum atomic E-state index is 5.30. The quantitative estimate of drug-likeness (QED) is 0.247. The Balaban J connectivity index is 3.78. The molecule has 0 aromatic rings. The first kappa shape index (κ1) is 13.2. The Morgan fingerprint density at radius 2 is 2.29 bits per heavy atom. The molecule has 0 aliphatic carbocycles. The zero-order valence-electron chi connectivity index (χ0n) is 9.34. The van der Waals surface area contributed by atoms with Gasteiger partial charge in [0, 0.05) is 20.2 Å². The van der Waals surface area contributed by atoms with Crippen LogP contribution in [0.2, 0.25) is 0 Å². The summed E-state index contributed by atoms with van der Waals surface area (Å²) in [5.74, 6) is 6.36. The molecule has 0 radical (unpaired) electrons. The van der Waals surface area contributed by atoms with E-state index >= 15 is 0 Å². The van der Waals surface area contributed by atoms with E-state index in [4.69, 9.17) is 10.6 Å². The van der Waals surface area contributed by atoms with Crippen molar-refractivity contribution in [1.82, 2.24) is 10.7 Å². The van der Waals surface area contributed by atoms with Crippen LogP contribution in [0.5, 0.6) is 0 Å². The first-order chi connectivity index (χ1) is 6.74. The molecule has 4 N–H and O–H groups in total. The van der Waals surface area contributed by atoms with E-state index in [1.54, 1.807) is 7.11 Å². The third-order valence-corrected chi connectivity index (χ3v) is 1.69. The molecule has 0 bridgehead atoms. The Labute approximate surface area is 86.1 Å². The van der Waals surface area contributed by atoms with E-state index in [-0.39, 0.29) is 0 Å². The fourth-order valence-corrected chi connectivity index (χ4v) is 0.980. The lowest BCUT2D eigenvalue weighted by Gasteiger charge is -2.10. The maximum Gasteiger partial charge on any atom is 0.205 e. The summed E-state index contributed by atoms with van der Waals surface area (Å²) in [6.07, 6.45) is 1.05. The van der Waals surface area contributed by atoms with Gasteiger partial charge in [0.25, 0.3) is 0 Å². The molecule has 84 valence electrons. The van der Waals surface area contributed by atoms with Gasteiger partial charge in [0.05, 0.1) is 6.61 Å². The van der Waals surface area contributed by atoms with Crippen LogP contribution >= 0.6 is 0 Å². The van der Waals surface area contributed by atoms with E-state index < -0.39 is 0 Å². The molecule has 0 aliphatic rings. The minimum absolute atomic E-state index is 0.409. The molecule has 0 amide bonds. The van der Waals surface area contributed by atoms with Crippen molar-refractivity contribution >= 4 is 5.96 Å². The summed E-state index contributed by atoms with van der Waals surface area (Å²) < 4.78 is 5.01. The van der Waals surface area contributed by atoms with E-state index in [0.29, 0.717) is 18.4 Å². The monoisotopic (exact) mass is 202 g/mol. The SMILES string of the molecule is CCCNC(=NCC(C)COC)NN. The molecule has 0 saturated heterocycles. The highest BCUT2D eigenvalue weighted by atomic mass is 16.5. The molecule has 1 unspecified atom stereocenters. The van der Waals surface area contributed by atoms with Crippen LogP contribution in [0.4, 0.5) is 0 Å². The topological polar surface area (TPSA) is 71.7 Å². The predicted octanol–water partition coefficient (Wildman–Crippen LogP) is 0.0878. The predicted molar refractivity (Wildman–Crippen MR) is 59.0 cm³/mol. The largest absolute Gasteiger partial charge is 0.384 e. The van der Waals surface area contributed by atoms with Gasteiger partial charge in [-0.3, -0.25) is 10.4 Å². The number of aliphatic imine (C=N–C) groups is 1. The van der Waals surface area contributed by atoms with Crippen molar-refractivity contribution in [2.24, 2.45) is 16.8 Å².